The first-order valence-corrected chi connectivity index (χ1v) is 9.27. The molecule has 0 unspecified atom stereocenters. The quantitative estimate of drug-likeness (QED) is 0.464. The average Bonchev–Trinajstić information content (AvgIpc) is 2.60. The van der Waals surface area contributed by atoms with Gasteiger partial charge in [-0.15, -0.1) is 0 Å². The van der Waals surface area contributed by atoms with Crippen LogP contribution in [0.4, 0.5) is 5.69 Å². The molecule has 0 saturated heterocycles. The number of nitrogens with one attached hydrogen (secondary N) is 1. The number of hydrogen-bond donors (Lipinski definition) is 2. The summed E-state index contributed by atoms with van der Waals surface area (Å²) < 4.78 is 16.0. The third kappa shape index (κ3) is 6.34. The SMILES string of the molecule is COc1ccc(NC(N)=NC2CCC(C(=O)OC(C)(C)C)CC2)cc1OC. The lowest BCUT2D eigenvalue weighted by Gasteiger charge is -2.28. The van der Waals surface area contributed by atoms with Crippen molar-refractivity contribution in [3.8, 4) is 11.5 Å². The summed E-state index contributed by atoms with van der Waals surface area (Å²) in [6, 6.07) is 5.57. The Kier molecular flexibility index (Phi) is 6.93. The monoisotopic (exact) mass is 377 g/mol. The van der Waals surface area contributed by atoms with Gasteiger partial charge >= 0.3 is 5.97 Å². The zero-order valence-electron chi connectivity index (χ0n) is 16.9. The third-order valence-corrected chi connectivity index (χ3v) is 4.41. The summed E-state index contributed by atoms with van der Waals surface area (Å²) >= 11 is 0. The van der Waals surface area contributed by atoms with Gasteiger partial charge in [0, 0.05) is 11.8 Å². The molecule has 0 heterocycles. The van der Waals surface area contributed by atoms with E-state index in [-0.39, 0.29) is 17.9 Å². The number of benzene rings is 1. The largest absolute Gasteiger partial charge is 0.493 e. The fourth-order valence-electron chi connectivity index (χ4n) is 3.12. The number of esters is 1. The van der Waals surface area contributed by atoms with Crippen molar-refractivity contribution in [3.63, 3.8) is 0 Å². The van der Waals surface area contributed by atoms with E-state index in [1.807, 2.05) is 26.8 Å². The lowest BCUT2D eigenvalue weighted by atomic mass is 9.86. The molecule has 1 fully saturated rings. The molecule has 7 nitrogen and oxygen atoms in total. The zero-order chi connectivity index (χ0) is 20.0. The molecule has 0 radical (unpaired) electrons. The molecule has 1 aliphatic carbocycles. The number of nitrogens with zero attached hydrogens (tertiary/aromatic N) is 1. The number of carbonyl (C=O) groups is 1. The Bertz CT molecular complexity index is 674. The summed E-state index contributed by atoms with van der Waals surface area (Å²) in [4.78, 5) is 16.7. The second-order valence-corrected chi connectivity index (χ2v) is 7.75. The number of guanidine groups is 1. The van der Waals surface area contributed by atoms with Crippen LogP contribution in [0.3, 0.4) is 0 Å². The number of ether oxygens (including phenoxy) is 3. The van der Waals surface area contributed by atoms with E-state index < -0.39 is 5.60 Å². The van der Waals surface area contributed by atoms with E-state index in [4.69, 9.17) is 19.9 Å². The van der Waals surface area contributed by atoms with Crippen molar-refractivity contribution in [1.82, 2.24) is 0 Å². The van der Waals surface area contributed by atoms with E-state index in [0.29, 0.717) is 17.5 Å². The topological polar surface area (TPSA) is 95.2 Å². The van der Waals surface area contributed by atoms with Gasteiger partial charge in [0.2, 0.25) is 0 Å². The fraction of sp³-hybridized carbons (Fsp3) is 0.600. The number of nitrogens with two attached hydrogens (primary N) is 1. The summed E-state index contributed by atoms with van der Waals surface area (Å²) in [5, 5.41) is 3.08. The Hall–Kier alpha value is -2.44. The number of rotatable bonds is 5. The number of aliphatic imine (C=N–C) groups is 1. The average molecular weight is 377 g/mol. The van der Waals surface area contributed by atoms with Crippen LogP contribution < -0.4 is 20.5 Å². The van der Waals surface area contributed by atoms with Gasteiger partial charge in [-0.3, -0.25) is 4.79 Å². The predicted octanol–water partition coefficient (Wildman–Crippen LogP) is 3.33. The Morgan fingerprint density at radius 3 is 2.30 bits per heavy atom. The molecule has 1 saturated carbocycles. The number of hydrogen-bond acceptors (Lipinski definition) is 5. The highest BCUT2D eigenvalue weighted by Gasteiger charge is 2.29. The highest BCUT2D eigenvalue weighted by molar-refractivity contribution is 5.92. The van der Waals surface area contributed by atoms with Crippen molar-refractivity contribution < 1.29 is 19.0 Å². The van der Waals surface area contributed by atoms with E-state index in [2.05, 4.69) is 10.3 Å². The molecular formula is C20H31N3O4. The van der Waals surface area contributed by atoms with Crippen LogP contribution in [0.2, 0.25) is 0 Å². The minimum absolute atomic E-state index is 0.0456. The van der Waals surface area contributed by atoms with Gasteiger partial charge in [-0.1, -0.05) is 0 Å². The van der Waals surface area contributed by atoms with Gasteiger partial charge in [0.1, 0.15) is 5.60 Å². The molecule has 7 heteroatoms. The van der Waals surface area contributed by atoms with Crippen LogP contribution in [0.5, 0.6) is 11.5 Å². The maximum Gasteiger partial charge on any atom is 0.309 e. The van der Waals surface area contributed by atoms with E-state index in [1.165, 1.54) is 0 Å². The van der Waals surface area contributed by atoms with Gasteiger partial charge < -0.3 is 25.3 Å². The summed E-state index contributed by atoms with van der Waals surface area (Å²) in [7, 11) is 3.18. The molecule has 0 bridgehead atoms. The molecular weight excluding hydrogens is 346 g/mol. The van der Waals surface area contributed by atoms with Crippen molar-refractivity contribution >= 4 is 17.6 Å². The Labute approximate surface area is 161 Å². The second kappa shape index (κ2) is 8.97. The summed E-state index contributed by atoms with van der Waals surface area (Å²) in [5.41, 5.74) is 6.38. The highest BCUT2D eigenvalue weighted by Crippen LogP contribution is 2.30. The number of anilines is 1. The van der Waals surface area contributed by atoms with Gasteiger partial charge in [0.05, 0.1) is 26.2 Å². The lowest BCUT2D eigenvalue weighted by molar-refractivity contribution is -0.161. The minimum atomic E-state index is -0.445. The van der Waals surface area contributed by atoms with Crippen molar-refractivity contribution in [2.75, 3.05) is 19.5 Å². The number of carbonyl (C=O) groups excluding carboxylic acids is 1. The zero-order valence-corrected chi connectivity index (χ0v) is 16.9. The summed E-state index contributed by atoms with van der Waals surface area (Å²) in [5.74, 6) is 1.46. The highest BCUT2D eigenvalue weighted by atomic mass is 16.6. The van der Waals surface area contributed by atoms with Crippen LogP contribution in [-0.4, -0.2) is 37.8 Å². The first-order valence-electron chi connectivity index (χ1n) is 9.27. The summed E-state index contributed by atoms with van der Waals surface area (Å²) in [6.45, 7) is 5.67. The third-order valence-electron chi connectivity index (χ3n) is 4.41. The van der Waals surface area contributed by atoms with Crippen LogP contribution in [0, 0.1) is 5.92 Å². The first-order chi connectivity index (χ1) is 12.7. The number of methoxy groups -OCH3 is 2. The summed E-state index contributed by atoms with van der Waals surface area (Å²) in [6.07, 6.45) is 3.18. The predicted molar refractivity (Wildman–Crippen MR) is 106 cm³/mol. The molecule has 0 atom stereocenters. The van der Waals surface area contributed by atoms with Crippen LogP contribution in [-0.2, 0) is 9.53 Å². The fourth-order valence-corrected chi connectivity index (χ4v) is 3.12. The van der Waals surface area contributed by atoms with E-state index >= 15 is 0 Å². The van der Waals surface area contributed by atoms with Crippen LogP contribution in [0.15, 0.2) is 23.2 Å². The van der Waals surface area contributed by atoms with Gasteiger partial charge in [0.15, 0.2) is 17.5 Å². The normalized spacial score (nSPS) is 20.7. The smallest absolute Gasteiger partial charge is 0.309 e. The molecule has 150 valence electrons. The standard InChI is InChI=1S/C20H31N3O4/c1-20(2,3)27-18(24)13-6-8-14(9-7-13)22-19(21)23-15-10-11-16(25-4)17(12-15)26-5/h10-14H,6-9H2,1-5H3,(H3,21,22,23). The van der Waals surface area contributed by atoms with Crippen molar-refractivity contribution in [1.29, 1.82) is 0 Å². The lowest BCUT2D eigenvalue weighted by Crippen LogP contribution is -2.32. The van der Waals surface area contributed by atoms with Crippen LogP contribution in [0.1, 0.15) is 46.5 Å². The molecule has 1 aromatic carbocycles. The molecule has 3 N–H and O–H groups in total. The van der Waals surface area contributed by atoms with Gasteiger partial charge in [-0.25, -0.2) is 4.99 Å². The van der Waals surface area contributed by atoms with Crippen molar-refractivity contribution in [3.05, 3.63) is 18.2 Å². The Morgan fingerprint density at radius 1 is 1.11 bits per heavy atom. The van der Waals surface area contributed by atoms with Gasteiger partial charge in [-0.05, 0) is 58.6 Å². The van der Waals surface area contributed by atoms with E-state index in [9.17, 15) is 4.79 Å². The Morgan fingerprint density at radius 2 is 1.74 bits per heavy atom. The van der Waals surface area contributed by atoms with E-state index in [0.717, 1.165) is 31.4 Å². The van der Waals surface area contributed by atoms with Crippen LogP contribution >= 0.6 is 0 Å². The molecule has 0 spiro atoms. The maximum atomic E-state index is 12.2. The second-order valence-electron chi connectivity index (χ2n) is 7.75. The molecule has 1 aliphatic rings. The Balaban J connectivity index is 1.90. The maximum absolute atomic E-state index is 12.2. The van der Waals surface area contributed by atoms with Gasteiger partial charge in [0.25, 0.3) is 0 Å². The molecule has 0 amide bonds. The van der Waals surface area contributed by atoms with Gasteiger partial charge in [-0.2, -0.15) is 0 Å². The molecule has 27 heavy (non-hydrogen) atoms. The van der Waals surface area contributed by atoms with Crippen LogP contribution in [0.25, 0.3) is 0 Å². The van der Waals surface area contributed by atoms with E-state index in [1.54, 1.807) is 26.4 Å². The molecule has 2 rings (SSSR count). The molecule has 1 aromatic rings. The molecule has 0 aromatic heterocycles. The minimum Gasteiger partial charge on any atom is -0.493 e. The van der Waals surface area contributed by atoms with Crippen molar-refractivity contribution in [2.24, 2.45) is 16.6 Å². The van der Waals surface area contributed by atoms with Crippen molar-refractivity contribution in [2.45, 2.75) is 58.1 Å². The molecule has 0 aliphatic heterocycles. The first kappa shape index (κ1) is 20.9.